The summed E-state index contributed by atoms with van der Waals surface area (Å²) in [5.41, 5.74) is 3.49. The van der Waals surface area contributed by atoms with Gasteiger partial charge in [0.15, 0.2) is 11.0 Å². The minimum Gasteiger partial charge on any atom is -0.494 e. The van der Waals surface area contributed by atoms with Crippen LogP contribution in [0.15, 0.2) is 59.9 Å². The second kappa shape index (κ2) is 7.95. The first kappa shape index (κ1) is 18.3. The third-order valence-corrected chi connectivity index (χ3v) is 6.21. The highest BCUT2D eigenvalue weighted by Crippen LogP contribution is 2.42. The van der Waals surface area contributed by atoms with E-state index in [1.165, 1.54) is 23.8 Å². The number of aryl methyl sites for hydroxylation is 1. The van der Waals surface area contributed by atoms with E-state index in [4.69, 9.17) is 4.74 Å². The summed E-state index contributed by atoms with van der Waals surface area (Å²) in [6.07, 6.45) is 5.44. The van der Waals surface area contributed by atoms with Crippen LogP contribution in [0, 0.1) is 6.92 Å². The molecular weight excluding hydrogens is 380 g/mol. The number of thioether (sulfide) groups is 1. The molecule has 0 spiro atoms. The van der Waals surface area contributed by atoms with Crippen LogP contribution in [0.2, 0.25) is 0 Å². The molecule has 1 N–H and O–H groups in total. The van der Waals surface area contributed by atoms with Gasteiger partial charge in [-0.2, -0.15) is 0 Å². The summed E-state index contributed by atoms with van der Waals surface area (Å²) >= 11 is 1.78. The van der Waals surface area contributed by atoms with Crippen LogP contribution in [0.3, 0.4) is 0 Å². The predicted octanol–water partition coefficient (Wildman–Crippen LogP) is 5.63. The van der Waals surface area contributed by atoms with Crippen LogP contribution in [0.1, 0.15) is 30.9 Å². The molecule has 0 unspecified atom stereocenters. The van der Waals surface area contributed by atoms with Gasteiger partial charge in [0.2, 0.25) is 0 Å². The van der Waals surface area contributed by atoms with E-state index in [1.54, 1.807) is 11.8 Å². The molecule has 0 radical (unpaired) electrons. The molecule has 0 aliphatic heterocycles. The number of hydrogen-bond donors (Lipinski definition) is 1. The summed E-state index contributed by atoms with van der Waals surface area (Å²) in [5.74, 6) is 2.88. The van der Waals surface area contributed by atoms with Crippen molar-refractivity contribution >= 4 is 22.7 Å². The summed E-state index contributed by atoms with van der Waals surface area (Å²) in [5, 5.41) is 11.3. The van der Waals surface area contributed by atoms with Gasteiger partial charge in [-0.3, -0.25) is 4.57 Å². The lowest BCUT2D eigenvalue weighted by Gasteiger charge is -2.09. The average Bonchev–Trinajstić information content (AvgIpc) is 3.34. The van der Waals surface area contributed by atoms with Crippen LogP contribution in [-0.2, 0) is 0 Å². The van der Waals surface area contributed by atoms with Crippen molar-refractivity contribution in [2.45, 2.75) is 37.4 Å². The lowest BCUT2D eigenvalue weighted by atomic mass is 10.1. The Morgan fingerprint density at radius 3 is 2.90 bits per heavy atom. The highest BCUT2D eigenvalue weighted by atomic mass is 32.2. The molecular formula is C23H24N4OS. The normalized spacial score (nSPS) is 13.8. The summed E-state index contributed by atoms with van der Waals surface area (Å²) in [4.78, 5) is 3.36. The first-order valence-electron chi connectivity index (χ1n) is 10.1. The van der Waals surface area contributed by atoms with Gasteiger partial charge in [0.1, 0.15) is 5.75 Å². The first-order valence-corrected chi connectivity index (χ1v) is 11.1. The monoisotopic (exact) mass is 404 g/mol. The van der Waals surface area contributed by atoms with E-state index < -0.39 is 0 Å². The molecule has 2 heterocycles. The highest BCUT2D eigenvalue weighted by molar-refractivity contribution is 7.99. The van der Waals surface area contributed by atoms with Crippen molar-refractivity contribution in [1.29, 1.82) is 0 Å². The van der Waals surface area contributed by atoms with Crippen molar-refractivity contribution in [3.63, 3.8) is 0 Å². The second-order valence-corrected chi connectivity index (χ2v) is 8.58. The molecule has 1 aliphatic carbocycles. The highest BCUT2D eigenvalue weighted by Gasteiger charge is 2.30. The number of H-pyrrole nitrogens is 1. The van der Waals surface area contributed by atoms with E-state index in [1.807, 2.05) is 18.2 Å². The Bertz CT molecular complexity index is 1130. The lowest BCUT2D eigenvalue weighted by Crippen LogP contribution is -2.02. The largest absolute Gasteiger partial charge is 0.494 e. The van der Waals surface area contributed by atoms with E-state index >= 15 is 0 Å². The maximum Gasteiger partial charge on any atom is 0.191 e. The third kappa shape index (κ3) is 3.90. The fourth-order valence-electron chi connectivity index (χ4n) is 3.60. The number of nitrogens with zero attached hydrogens (tertiary/aromatic N) is 3. The van der Waals surface area contributed by atoms with Crippen molar-refractivity contribution in [1.82, 2.24) is 19.7 Å². The molecule has 2 aromatic carbocycles. The Balaban J connectivity index is 1.27. The molecule has 0 saturated heterocycles. The maximum absolute atomic E-state index is 5.87. The molecule has 0 amide bonds. The number of hydrogen-bond acceptors (Lipinski definition) is 4. The van der Waals surface area contributed by atoms with Crippen LogP contribution in [0.25, 0.3) is 22.3 Å². The second-order valence-electron chi connectivity index (χ2n) is 7.52. The van der Waals surface area contributed by atoms with Crippen molar-refractivity contribution in [2.24, 2.45) is 0 Å². The first-order chi connectivity index (χ1) is 14.3. The molecule has 5 nitrogen and oxygen atoms in total. The van der Waals surface area contributed by atoms with Gasteiger partial charge in [-0.15, -0.1) is 10.2 Å². The standard InChI is InChI=1S/C23H24N4OS/c1-16-6-4-7-18(14-16)28-12-5-13-29-23-26-25-22(27(23)17-10-11-17)20-15-24-21-9-3-2-8-19(20)21/h2-4,6-9,14-15,17,24H,5,10-13H2,1H3. The van der Waals surface area contributed by atoms with E-state index in [0.29, 0.717) is 12.6 Å². The summed E-state index contributed by atoms with van der Waals surface area (Å²) in [7, 11) is 0. The molecule has 1 aliphatic rings. The number of rotatable bonds is 8. The molecule has 1 fully saturated rings. The van der Waals surface area contributed by atoms with Crippen LogP contribution in [0.4, 0.5) is 0 Å². The predicted molar refractivity (Wildman–Crippen MR) is 118 cm³/mol. The molecule has 0 bridgehead atoms. The van der Waals surface area contributed by atoms with E-state index in [2.05, 4.69) is 63.2 Å². The van der Waals surface area contributed by atoms with Gasteiger partial charge in [-0.25, -0.2) is 0 Å². The number of para-hydroxylation sites is 1. The molecule has 148 valence electrons. The van der Waals surface area contributed by atoms with Crippen LogP contribution in [-0.4, -0.2) is 32.1 Å². The zero-order valence-corrected chi connectivity index (χ0v) is 17.3. The van der Waals surface area contributed by atoms with Gasteiger partial charge in [0, 0.05) is 34.5 Å². The zero-order chi connectivity index (χ0) is 19.6. The molecule has 1 saturated carbocycles. The van der Waals surface area contributed by atoms with E-state index in [0.717, 1.165) is 40.0 Å². The Morgan fingerprint density at radius 2 is 2.03 bits per heavy atom. The van der Waals surface area contributed by atoms with Crippen LogP contribution < -0.4 is 4.74 Å². The molecule has 0 atom stereocenters. The van der Waals surface area contributed by atoms with Crippen molar-refractivity contribution < 1.29 is 4.74 Å². The number of fused-ring (bicyclic) bond motifs is 1. The van der Waals surface area contributed by atoms with Gasteiger partial charge in [0.05, 0.1) is 6.61 Å². The van der Waals surface area contributed by atoms with Gasteiger partial charge in [-0.1, -0.05) is 42.1 Å². The lowest BCUT2D eigenvalue weighted by molar-refractivity contribution is 0.318. The number of aromatic amines is 1. The summed E-state index contributed by atoms with van der Waals surface area (Å²) in [6.45, 7) is 2.79. The zero-order valence-electron chi connectivity index (χ0n) is 16.5. The Labute approximate surface area is 174 Å². The Morgan fingerprint density at radius 1 is 1.14 bits per heavy atom. The molecule has 6 heteroatoms. The van der Waals surface area contributed by atoms with Crippen molar-refractivity contribution in [3.05, 3.63) is 60.3 Å². The van der Waals surface area contributed by atoms with Crippen molar-refractivity contribution in [2.75, 3.05) is 12.4 Å². The summed E-state index contributed by atoms with van der Waals surface area (Å²) < 4.78 is 8.20. The molecule has 2 aromatic heterocycles. The quantitative estimate of drug-likeness (QED) is 0.305. The number of benzene rings is 2. The Hall–Kier alpha value is -2.73. The smallest absolute Gasteiger partial charge is 0.191 e. The average molecular weight is 405 g/mol. The van der Waals surface area contributed by atoms with Gasteiger partial charge < -0.3 is 9.72 Å². The Kier molecular flexibility index (Phi) is 5.02. The van der Waals surface area contributed by atoms with Gasteiger partial charge in [-0.05, 0) is 49.9 Å². The van der Waals surface area contributed by atoms with Crippen LogP contribution >= 0.6 is 11.8 Å². The minimum atomic E-state index is 0.528. The van der Waals surface area contributed by atoms with E-state index in [-0.39, 0.29) is 0 Å². The molecule has 5 rings (SSSR count). The van der Waals surface area contributed by atoms with Crippen molar-refractivity contribution in [3.8, 4) is 17.1 Å². The van der Waals surface area contributed by atoms with Crippen LogP contribution in [0.5, 0.6) is 5.75 Å². The fourth-order valence-corrected chi connectivity index (χ4v) is 4.51. The van der Waals surface area contributed by atoms with E-state index in [9.17, 15) is 0 Å². The fraction of sp³-hybridized carbons (Fsp3) is 0.304. The summed E-state index contributed by atoms with van der Waals surface area (Å²) in [6, 6.07) is 17.1. The number of aromatic nitrogens is 4. The SMILES string of the molecule is Cc1cccc(OCCCSc2nnc(-c3c[nH]c4ccccc34)n2C2CC2)c1. The van der Waals surface area contributed by atoms with Gasteiger partial charge in [0.25, 0.3) is 0 Å². The number of nitrogens with one attached hydrogen (secondary N) is 1. The topological polar surface area (TPSA) is 55.7 Å². The third-order valence-electron chi connectivity index (χ3n) is 5.18. The van der Waals surface area contributed by atoms with Gasteiger partial charge >= 0.3 is 0 Å². The maximum atomic E-state index is 5.87. The molecule has 4 aromatic rings. The molecule has 29 heavy (non-hydrogen) atoms. The number of ether oxygens (including phenoxy) is 1. The minimum absolute atomic E-state index is 0.528.